The molecule has 6 nitrogen and oxygen atoms in total. The van der Waals surface area contributed by atoms with Crippen molar-refractivity contribution in [3.63, 3.8) is 0 Å². The van der Waals surface area contributed by atoms with Gasteiger partial charge in [-0.1, -0.05) is 18.2 Å². The van der Waals surface area contributed by atoms with Gasteiger partial charge in [-0.2, -0.15) is 0 Å². The number of nitrogen functional groups attached to an aromatic ring is 1. The molecule has 6 heteroatoms. The Bertz CT molecular complexity index is 854. The molecule has 2 aromatic carbocycles. The normalized spacial score (nSPS) is 10.8. The largest absolute Gasteiger partial charge is 0.496 e. The molecule has 0 bridgehead atoms. The summed E-state index contributed by atoms with van der Waals surface area (Å²) in [7, 11) is 1.64. The van der Waals surface area contributed by atoms with Crippen LogP contribution in [0.1, 0.15) is 15.9 Å². The van der Waals surface area contributed by atoms with Gasteiger partial charge in [0, 0.05) is 11.3 Å². The molecular weight excluding hydrogens is 280 g/mol. The third-order valence-corrected chi connectivity index (χ3v) is 3.59. The van der Waals surface area contributed by atoms with E-state index in [4.69, 9.17) is 16.2 Å². The topological polar surface area (TPSA) is 96.2 Å². The van der Waals surface area contributed by atoms with E-state index >= 15 is 0 Å². The number of hydrogen-bond donors (Lipinski definition) is 2. The average Bonchev–Trinajstić information content (AvgIpc) is 2.88. The van der Waals surface area contributed by atoms with Crippen LogP contribution in [0.2, 0.25) is 0 Å². The molecule has 1 aromatic heterocycles. The molecule has 0 saturated carbocycles. The van der Waals surface area contributed by atoms with Crippen molar-refractivity contribution in [2.75, 3.05) is 12.8 Å². The molecule has 0 aliphatic heterocycles. The van der Waals surface area contributed by atoms with Crippen molar-refractivity contribution in [3.8, 4) is 5.75 Å². The smallest absolute Gasteiger partial charge is 0.250 e. The molecule has 0 aliphatic carbocycles. The Morgan fingerprint density at radius 1 is 1.32 bits per heavy atom. The molecule has 0 radical (unpaired) electrons. The third kappa shape index (κ3) is 2.35. The number of imidazole rings is 1. The highest BCUT2D eigenvalue weighted by atomic mass is 16.5. The van der Waals surface area contributed by atoms with Crippen LogP contribution < -0.4 is 16.2 Å². The van der Waals surface area contributed by atoms with Gasteiger partial charge in [-0.05, 0) is 18.2 Å². The Kier molecular flexibility index (Phi) is 3.42. The monoisotopic (exact) mass is 296 g/mol. The molecular formula is C16H16N4O2. The number of para-hydroxylation sites is 1. The van der Waals surface area contributed by atoms with Crippen molar-refractivity contribution < 1.29 is 9.53 Å². The summed E-state index contributed by atoms with van der Waals surface area (Å²) in [5, 5.41) is 0. The molecule has 0 aliphatic rings. The molecule has 0 unspecified atom stereocenters. The number of methoxy groups -OCH3 is 1. The van der Waals surface area contributed by atoms with E-state index in [1.807, 2.05) is 28.8 Å². The molecule has 0 saturated heterocycles. The molecule has 22 heavy (non-hydrogen) atoms. The number of aromatic nitrogens is 2. The van der Waals surface area contributed by atoms with Crippen LogP contribution in [0.15, 0.2) is 42.7 Å². The predicted octanol–water partition coefficient (Wildman–Crippen LogP) is 1.77. The van der Waals surface area contributed by atoms with E-state index in [9.17, 15) is 4.79 Å². The molecule has 0 atom stereocenters. The Balaban J connectivity index is 2.08. The Morgan fingerprint density at radius 2 is 2.09 bits per heavy atom. The number of anilines is 1. The standard InChI is InChI=1S/C16H16N4O2/c1-22-15-5-3-2-4-10(15)8-20-9-19-13-7-12(17)11(16(18)21)6-14(13)20/h2-7,9H,8,17H2,1H3,(H2,18,21). The first-order chi connectivity index (χ1) is 10.6. The fourth-order valence-electron chi connectivity index (χ4n) is 2.48. The number of amides is 1. The summed E-state index contributed by atoms with van der Waals surface area (Å²) < 4.78 is 7.29. The van der Waals surface area contributed by atoms with Crippen LogP contribution in [0.3, 0.4) is 0 Å². The van der Waals surface area contributed by atoms with Crippen LogP contribution in [-0.4, -0.2) is 22.6 Å². The summed E-state index contributed by atoms with van der Waals surface area (Å²) in [6.45, 7) is 0.572. The minimum atomic E-state index is -0.551. The second kappa shape index (κ2) is 5.40. The summed E-state index contributed by atoms with van der Waals surface area (Å²) in [6, 6.07) is 11.1. The number of carbonyl (C=O) groups is 1. The molecule has 1 amide bonds. The maximum absolute atomic E-state index is 11.4. The zero-order chi connectivity index (χ0) is 15.7. The van der Waals surface area contributed by atoms with E-state index in [-0.39, 0.29) is 0 Å². The first-order valence-electron chi connectivity index (χ1n) is 6.76. The number of rotatable bonds is 4. The maximum atomic E-state index is 11.4. The summed E-state index contributed by atoms with van der Waals surface area (Å²) in [5.41, 5.74) is 14.4. The predicted molar refractivity (Wildman–Crippen MR) is 84.8 cm³/mol. The summed E-state index contributed by atoms with van der Waals surface area (Å²) in [5.74, 6) is 0.249. The van der Waals surface area contributed by atoms with Crippen molar-refractivity contribution >= 4 is 22.6 Å². The van der Waals surface area contributed by atoms with E-state index in [1.54, 1.807) is 25.6 Å². The Hall–Kier alpha value is -3.02. The number of benzene rings is 2. The summed E-state index contributed by atoms with van der Waals surface area (Å²) in [6.07, 6.45) is 1.71. The molecule has 3 rings (SSSR count). The van der Waals surface area contributed by atoms with Gasteiger partial charge in [0.1, 0.15) is 5.75 Å². The lowest BCUT2D eigenvalue weighted by Gasteiger charge is -2.10. The SMILES string of the molecule is COc1ccccc1Cn1cnc2cc(N)c(C(N)=O)cc21. The van der Waals surface area contributed by atoms with Gasteiger partial charge in [0.25, 0.3) is 5.91 Å². The zero-order valence-corrected chi connectivity index (χ0v) is 12.1. The first-order valence-corrected chi connectivity index (χ1v) is 6.76. The molecule has 3 aromatic rings. The van der Waals surface area contributed by atoms with Crippen molar-refractivity contribution in [2.24, 2.45) is 5.73 Å². The van der Waals surface area contributed by atoms with Gasteiger partial charge in [0.05, 0.1) is 36.6 Å². The number of carbonyl (C=O) groups excluding carboxylic acids is 1. The second-order valence-electron chi connectivity index (χ2n) is 4.98. The van der Waals surface area contributed by atoms with E-state index in [0.717, 1.165) is 22.3 Å². The number of nitrogens with two attached hydrogens (primary N) is 2. The van der Waals surface area contributed by atoms with Gasteiger partial charge >= 0.3 is 0 Å². The van der Waals surface area contributed by atoms with Crippen LogP contribution in [0.4, 0.5) is 5.69 Å². The van der Waals surface area contributed by atoms with Crippen molar-refractivity contribution in [1.29, 1.82) is 0 Å². The fourth-order valence-corrected chi connectivity index (χ4v) is 2.48. The first kappa shape index (κ1) is 13.9. The number of nitrogens with zero attached hydrogens (tertiary/aromatic N) is 2. The number of hydrogen-bond acceptors (Lipinski definition) is 4. The van der Waals surface area contributed by atoms with Gasteiger partial charge in [-0.25, -0.2) is 4.98 Å². The molecule has 0 spiro atoms. The van der Waals surface area contributed by atoms with E-state index in [0.29, 0.717) is 17.8 Å². The highest BCUT2D eigenvalue weighted by molar-refractivity contribution is 6.01. The van der Waals surface area contributed by atoms with Gasteiger partial charge in [-0.15, -0.1) is 0 Å². The minimum absolute atomic E-state index is 0.300. The van der Waals surface area contributed by atoms with Crippen LogP contribution in [0, 0.1) is 0 Å². The van der Waals surface area contributed by atoms with E-state index < -0.39 is 5.91 Å². The molecule has 0 fully saturated rings. The number of ether oxygens (including phenoxy) is 1. The molecule has 4 N–H and O–H groups in total. The van der Waals surface area contributed by atoms with Gasteiger partial charge in [0.2, 0.25) is 0 Å². The molecule has 1 heterocycles. The quantitative estimate of drug-likeness (QED) is 0.717. The highest BCUT2D eigenvalue weighted by Gasteiger charge is 2.12. The van der Waals surface area contributed by atoms with E-state index in [1.165, 1.54) is 0 Å². The van der Waals surface area contributed by atoms with Crippen molar-refractivity contribution in [1.82, 2.24) is 9.55 Å². The lowest BCUT2D eigenvalue weighted by Crippen LogP contribution is -2.13. The van der Waals surface area contributed by atoms with Crippen molar-refractivity contribution in [2.45, 2.75) is 6.54 Å². The van der Waals surface area contributed by atoms with Gasteiger partial charge < -0.3 is 20.8 Å². The summed E-state index contributed by atoms with van der Waals surface area (Å²) in [4.78, 5) is 15.8. The highest BCUT2D eigenvalue weighted by Crippen LogP contribution is 2.24. The second-order valence-corrected chi connectivity index (χ2v) is 4.98. The van der Waals surface area contributed by atoms with Gasteiger partial charge in [0.15, 0.2) is 0 Å². The number of fused-ring (bicyclic) bond motifs is 1. The van der Waals surface area contributed by atoms with Crippen LogP contribution in [0.5, 0.6) is 5.75 Å². The van der Waals surface area contributed by atoms with Gasteiger partial charge in [-0.3, -0.25) is 4.79 Å². The Morgan fingerprint density at radius 3 is 2.82 bits per heavy atom. The van der Waals surface area contributed by atoms with Crippen LogP contribution >= 0.6 is 0 Å². The molecule has 112 valence electrons. The zero-order valence-electron chi connectivity index (χ0n) is 12.1. The maximum Gasteiger partial charge on any atom is 0.250 e. The average molecular weight is 296 g/mol. The fraction of sp³-hybridized carbons (Fsp3) is 0.125. The lowest BCUT2D eigenvalue weighted by molar-refractivity contribution is 0.100. The van der Waals surface area contributed by atoms with Crippen molar-refractivity contribution in [3.05, 3.63) is 53.9 Å². The Labute approximate surface area is 127 Å². The lowest BCUT2D eigenvalue weighted by atomic mass is 10.1. The third-order valence-electron chi connectivity index (χ3n) is 3.59. The number of primary amides is 1. The van der Waals surface area contributed by atoms with Crippen LogP contribution in [-0.2, 0) is 6.54 Å². The summed E-state index contributed by atoms with van der Waals surface area (Å²) >= 11 is 0. The minimum Gasteiger partial charge on any atom is -0.496 e. The van der Waals surface area contributed by atoms with E-state index in [2.05, 4.69) is 4.98 Å². The van der Waals surface area contributed by atoms with Crippen LogP contribution in [0.25, 0.3) is 11.0 Å².